The van der Waals surface area contributed by atoms with Crippen molar-refractivity contribution in [1.29, 1.82) is 0 Å². The number of hydrogen-bond acceptors (Lipinski definition) is 5. The lowest BCUT2D eigenvalue weighted by Crippen LogP contribution is -2.40. The van der Waals surface area contributed by atoms with Gasteiger partial charge in [-0.05, 0) is 81.0 Å². The molecule has 4 aromatic rings. The molecule has 0 N–H and O–H groups in total. The first kappa shape index (κ1) is 22.1. The molecule has 1 aliphatic heterocycles. The normalized spacial score (nSPS) is 16.1. The van der Waals surface area contributed by atoms with Crippen LogP contribution in [0.15, 0.2) is 65.3 Å². The standard InChI is InChI=1S/C28H29N3O3/c1-19-26(20(2)34-30-19)18-33-25-9-3-7-24(16-25)28(32)31-13-5-6-22(17-31)14-21-10-11-27-23(15-21)8-4-12-29-27/h3-4,7-12,15-16,22H,5-6,13-14,17-18H2,1-2H3. The fourth-order valence-electron chi connectivity index (χ4n) is 4.77. The van der Waals surface area contributed by atoms with E-state index in [1.807, 2.05) is 55.3 Å². The van der Waals surface area contributed by atoms with E-state index in [-0.39, 0.29) is 5.91 Å². The number of fused-ring (bicyclic) bond motifs is 1. The number of amides is 1. The average Bonchev–Trinajstić information content (AvgIpc) is 3.19. The van der Waals surface area contributed by atoms with Crippen LogP contribution in [0, 0.1) is 19.8 Å². The molecule has 0 bridgehead atoms. The third-order valence-corrected chi connectivity index (χ3v) is 6.64. The number of nitrogens with zero attached hydrogens (tertiary/aromatic N) is 3. The van der Waals surface area contributed by atoms with Gasteiger partial charge in [0.25, 0.3) is 5.91 Å². The quantitative estimate of drug-likeness (QED) is 0.383. The number of benzene rings is 2. The molecule has 1 aliphatic rings. The van der Waals surface area contributed by atoms with Crippen molar-refractivity contribution in [1.82, 2.24) is 15.0 Å². The molecule has 174 valence electrons. The Bertz CT molecular complexity index is 1290. The molecule has 1 saturated heterocycles. The second kappa shape index (κ2) is 9.67. The van der Waals surface area contributed by atoms with Gasteiger partial charge in [-0.15, -0.1) is 0 Å². The highest BCUT2D eigenvalue weighted by atomic mass is 16.5. The Kier molecular flexibility index (Phi) is 6.30. The summed E-state index contributed by atoms with van der Waals surface area (Å²) in [5.74, 6) is 1.94. The zero-order valence-electron chi connectivity index (χ0n) is 19.7. The zero-order valence-corrected chi connectivity index (χ0v) is 19.7. The van der Waals surface area contributed by atoms with Gasteiger partial charge in [-0.1, -0.05) is 23.4 Å². The van der Waals surface area contributed by atoms with Crippen molar-refractivity contribution in [3.63, 3.8) is 0 Å². The molecule has 6 nitrogen and oxygen atoms in total. The summed E-state index contributed by atoms with van der Waals surface area (Å²) < 4.78 is 11.2. The number of carbonyl (C=O) groups is 1. The Morgan fingerprint density at radius 2 is 2.06 bits per heavy atom. The van der Waals surface area contributed by atoms with Gasteiger partial charge in [0, 0.05) is 30.2 Å². The molecule has 0 radical (unpaired) electrons. The molecule has 3 heterocycles. The summed E-state index contributed by atoms with van der Waals surface area (Å²) in [7, 11) is 0. The molecule has 6 heteroatoms. The predicted octanol–water partition coefficient (Wildman–Crippen LogP) is 5.51. The molecule has 0 aliphatic carbocycles. The molecule has 2 aromatic carbocycles. The lowest BCUT2D eigenvalue weighted by molar-refractivity contribution is 0.0673. The van der Waals surface area contributed by atoms with Crippen molar-refractivity contribution >= 4 is 16.8 Å². The van der Waals surface area contributed by atoms with Gasteiger partial charge in [0.1, 0.15) is 18.1 Å². The van der Waals surface area contributed by atoms with Crippen LogP contribution >= 0.6 is 0 Å². The minimum Gasteiger partial charge on any atom is -0.489 e. The van der Waals surface area contributed by atoms with E-state index in [0.717, 1.165) is 60.3 Å². The predicted molar refractivity (Wildman–Crippen MR) is 131 cm³/mol. The maximum Gasteiger partial charge on any atom is 0.253 e. The number of likely N-dealkylation sites (tertiary alicyclic amines) is 1. The molecule has 1 atom stereocenters. The molecule has 0 spiro atoms. The van der Waals surface area contributed by atoms with Crippen molar-refractivity contribution in [2.45, 2.75) is 39.7 Å². The highest BCUT2D eigenvalue weighted by Crippen LogP contribution is 2.25. The van der Waals surface area contributed by atoms with Gasteiger partial charge in [-0.25, -0.2) is 0 Å². The van der Waals surface area contributed by atoms with Crippen LogP contribution < -0.4 is 4.74 Å². The molecule has 2 aromatic heterocycles. The fraction of sp³-hybridized carbons (Fsp3) is 0.321. The fourth-order valence-corrected chi connectivity index (χ4v) is 4.77. The van der Waals surface area contributed by atoms with Crippen molar-refractivity contribution < 1.29 is 14.1 Å². The largest absolute Gasteiger partial charge is 0.489 e. The molecular formula is C28H29N3O3. The van der Waals surface area contributed by atoms with Crippen LogP contribution in [0.3, 0.4) is 0 Å². The van der Waals surface area contributed by atoms with Gasteiger partial charge in [0.15, 0.2) is 0 Å². The summed E-state index contributed by atoms with van der Waals surface area (Å²) in [5.41, 5.74) is 4.75. The summed E-state index contributed by atoms with van der Waals surface area (Å²) in [6.45, 7) is 5.71. The van der Waals surface area contributed by atoms with Crippen LogP contribution in [0.4, 0.5) is 0 Å². The lowest BCUT2D eigenvalue weighted by Gasteiger charge is -2.33. The molecule has 1 unspecified atom stereocenters. The van der Waals surface area contributed by atoms with Gasteiger partial charge in [0.2, 0.25) is 0 Å². The molecular weight excluding hydrogens is 426 g/mol. The van der Waals surface area contributed by atoms with Crippen LogP contribution in [0.25, 0.3) is 10.9 Å². The van der Waals surface area contributed by atoms with Gasteiger partial charge in [-0.3, -0.25) is 9.78 Å². The first-order valence-electron chi connectivity index (χ1n) is 11.8. The monoisotopic (exact) mass is 455 g/mol. The Labute approximate surface area is 199 Å². The molecule has 5 rings (SSSR count). The van der Waals surface area contributed by atoms with Crippen molar-refractivity contribution in [3.05, 3.63) is 88.9 Å². The number of pyridine rings is 1. The SMILES string of the molecule is Cc1noc(C)c1COc1cccc(C(=O)N2CCCC(Cc3ccc4ncccc4c3)C2)c1. The van der Waals surface area contributed by atoms with E-state index >= 15 is 0 Å². The number of aryl methyl sites for hydroxylation is 2. The Morgan fingerprint density at radius 3 is 2.91 bits per heavy atom. The maximum absolute atomic E-state index is 13.3. The van der Waals surface area contributed by atoms with Gasteiger partial charge in [0.05, 0.1) is 16.8 Å². The summed E-state index contributed by atoms with van der Waals surface area (Å²) in [6, 6.07) is 18.0. The summed E-state index contributed by atoms with van der Waals surface area (Å²) in [4.78, 5) is 19.7. The highest BCUT2D eigenvalue weighted by molar-refractivity contribution is 5.94. The number of aromatic nitrogens is 2. The Morgan fingerprint density at radius 1 is 1.15 bits per heavy atom. The first-order valence-corrected chi connectivity index (χ1v) is 11.8. The van der Waals surface area contributed by atoms with E-state index in [0.29, 0.717) is 23.8 Å². The van der Waals surface area contributed by atoms with E-state index in [1.165, 1.54) is 5.56 Å². The molecule has 1 fully saturated rings. The highest BCUT2D eigenvalue weighted by Gasteiger charge is 2.25. The number of rotatable bonds is 6. The number of ether oxygens (including phenoxy) is 1. The smallest absolute Gasteiger partial charge is 0.253 e. The third kappa shape index (κ3) is 4.81. The molecule has 0 saturated carbocycles. The van der Waals surface area contributed by atoms with E-state index in [2.05, 4.69) is 34.4 Å². The van der Waals surface area contributed by atoms with E-state index in [9.17, 15) is 4.79 Å². The number of piperidine rings is 1. The van der Waals surface area contributed by atoms with E-state index in [1.54, 1.807) is 0 Å². The summed E-state index contributed by atoms with van der Waals surface area (Å²) >= 11 is 0. The van der Waals surface area contributed by atoms with Crippen molar-refractivity contribution in [3.8, 4) is 5.75 Å². The second-order valence-corrected chi connectivity index (χ2v) is 9.11. The number of hydrogen-bond donors (Lipinski definition) is 0. The van der Waals surface area contributed by atoms with Crippen LogP contribution in [0.5, 0.6) is 5.75 Å². The maximum atomic E-state index is 13.3. The topological polar surface area (TPSA) is 68.5 Å². The first-order chi connectivity index (χ1) is 16.6. The van der Waals surface area contributed by atoms with Crippen LogP contribution in [-0.2, 0) is 13.0 Å². The Balaban J connectivity index is 1.23. The van der Waals surface area contributed by atoms with Crippen molar-refractivity contribution in [2.75, 3.05) is 13.1 Å². The lowest BCUT2D eigenvalue weighted by atomic mass is 9.90. The second-order valence-electron chi connectivity index (χ2n) is 9.11. The van der Waals surface area contributed by atoms with Gasteiger partial charge < -0.3 is 14.2 Å². The summed E-state index contributed by atoms with van der Waals surface area (Å²) in [6.07, 6.45) is 4.95. The van der Waals surface area contributed by atoms with E-state index in [4.69, 9.17) is 9.26 Å². The van der Waals surface area contributed by atoms with Crippen molar-refractivity contribution in [2.24, 2.45) is 5.92 Å². The minimum absolute atomic E-state index is 0.0650. The zero-order chi connectivity index (χ0) is 23.5. The van der Waals surface area contributed by atoms with Gasteiger partial charge >= 0.3 is 0 Å². The third-order valence-electron chi connectivity index (χ3n) is 6.64. The Hall–Kier alpha value is -3.67. The molecule has 34 heavy (non-hydrogen) atoms. The number of carbonyl (C=O) groups excluding carboxylic acids is 1. The minimum atomic E-state index is 0.0650. The van der Waals surface area contributed by atoms with Gasteiger partial charge in [-0.2, -0.15) is 0 Å². The van der Waals surface area contributed by atoms with E-state index < -0.39 is 0 Å². The van der Waals surface area contributed by atoms with Crippen LogP contribution in [-0.4, -0.2) is 34.0 Å². The summed E-state index contributed by atoms with van der Waals surface area (Å²) in [5, 5.41) is 5.13. The average molecular weight is 456 g/mol. The van der Waals surface area contributed by atoms with Crippen LogP contribution in [0.2, 0.25) is 0 Å². The molecule has 1 amide bonds. The van der Waals surface area contributed by atoms with Crippen LogP contribution in [0.1, 0.15) is 45.8 Å².